The molecule has 0 N–H and O–H groups in total. The molecule has 1 amide bonds. The fourth-order valence-corrected chi connectivity index (χ4v) is 3.49. The Hall–Kier alpha value is -2.75. The SMILES string of the molecule is Cc1nn(CCC#N)c(C)c1CCC(=O)N(Cc1ccc(F)cc1F)C1CC1. The lowest BCUT2D eigenvalue weighted by Gasteiger charge is -2.23. The number of carbonyl (C=O) groups is 1. The van der Waals surface area contributed by atoms with E-state index < -0.39 is 11.6 Å². The van der Waals surface area contributed by atoms with Gasteiger partial charge in [0.2, 0.25) is 5.91 Å². The second-order valence-electron chi connectivity index (χ2n) is 7.27. The maximum atomic E-state index is 14.0. The Morgan fingerprint density at radius 1 is 1.36 bits per heavy atom. The van der Waals surface area contributed by atoms with Crippen LogP contribution in [0.5, 0.6) is 0 Å². The Balaban J connectivity index is 1.67. The first-order chi connectivity index (χ1) is 13.4. The molecule has 1 aliphatic carbocycles. The van der Waals surface area contributed by atoms with E-state index in [1.807, 2.05) is 18.5 Å². The van der Waals surface area contributed by atoms with Crippen LogP contribution < -0.4 is 0 Å². The summed E-state index contributed by atoms with van der Waals surface area (Å²) in [5.41, 5.74) is 3.20. The molecule has 1 fully saturated rings. The molecule has 148 valence electrons. The molecule has 1 aliphatic rings. The number of amides is 1. The summed E-state index contributed by atoms with van der Waals surface area (Å²) in [5, 5.41) is 13.2. The summed E-state index contributed by atoms with van der Waals surface area (Å²) in [6.07, 6.45) is 3.08. The predicted octanol–water partition coefficient (Wildman–Crippen LogP) is 3.82. The lowest BCUT2D eigenvalue weighted by molar-refractivity contribution is -0.132. The van der Waals surface area contributed by atoms with Gasteiger partial charge in [-0.1, -0.05) is 6.07 Å². The highest BCUT2D eigenvalue weighted by Gasteiger charge is 2.33. The monoisotopic (exact) mass is 386 g/mol. The molecular weight excluding hydrogens is 362 g/mol. The van der Waals surface area contributed by atoms with Crippen molar-refractivity contribution in [3.05, 3.63) is 52.3 Å². The van der Waals surface area contributed by atoms with Gasteiger partial charge in [0.1, 0.15) is 11.6 Å². The number of benzene rings is 1. The molecule has 0 atom stereocenters. The van der Waals surface area contributed by atoms with Crippen molar-refractivity contribution in [1.29, 1.82) is 5.26 Å². The van der Waals surface area contributed by atoms with Gasteiger partial charge in [-0.2, -0.15) is 10.4 Å². The Bertz CT molecular complexity index is 912. The summed E-state index contributed by atoms with van der Waals surface area (Å²) in [4.78, 5) is 14.6. The number of rotatable bonds is 8. The van der Waals surface area contributed by atoms with Crippen LogP contribution in [0.3, 0.4) is 0 Å². The van der Waals surface area contributed by atoms with Crippen molar-refractivity contribution in [3.8, 4) is 6.07 Å². The van der Waals surface area contributed by atoms with E-state index in [1.165, 1.54) is 12.1 Å². The van der Waals surface area contributed by atoms with Crippen molar-refractivity contribution in [2.45, 2.75) is 65.1 Å². The van der Waals surface area contributed by atoms with Gasteiger partial charge in [-0.05, 0) is 44.7 Å². The predicted molar refractivity (Wildman–Crippen MR) is 100 cm³/mol. The zero-order chi connectivity index (χ0) is 20.3. The number of aryl methyl sites for hydroxylation is 2. The standard InChI is InChI=1S/C21H24F2N4O/c1-14-19(15(2)27(25-14)11-3-10-24)8-9-21(28)26(18-6-7-18)13-16-4-5-17(22)12-20(16)23/h4-5,12,18H,3,6-9,11,13H2,1-2H3. The van der Waals surface area contributed by atoms with Crippen molar-refractivity contribution in [3.63, 3.8) is 0 Å². The van der Waals surface area contributed by atoms with Crippen molar-refractivity contribution in [2.75, 3.05) is 0 Å². The molecule has 1 aromatic heterocycles. The van der Waals surface area contributed by atoms with E-state index in [0.29, 0.717) is 31.4 Å². The van der Waals surface area contributed by atoms with Gasteiger partial charge in [-0.25, -0.2) is 8.78 Å². The van der Waals surface area contributed by atoms with E-state index in [2.05, 4.69) is 11.2 Å². The number of carbonyl (C=O) groups excluding carboxylic acids is 1. The van der Waals surface area contributed by atoms with E-state index >= 15 is 0 Å². The quantitative estimate of drug-likeness (QED) is 0.693. The van der Waals surface area contributed by atoms with Gasteiger partial charge in [0, 0.05) is 36.3 Å². The highest BCUT2D eigenvalue weighted by atomic mass is 19.1. The fourth-order valence-electron chi connectivity index (χ4n) is 3.49. The first-order valence-electron chi connectivity index (χ1n) is 9.54. The molecule has 2 aromatic rings. The van der Waals surface area contributed by atoms with E-state index in [9.17, 15) is 13.6 Å². The first kappa shape index (κ1) is 20.0. The normalized spacial score (nSPS) is 13.4. The third-order valence-electron chi connectivity index (χ3n) is 5.22. The average Bonchev–Trinajstić information content (AvgIpc) is 3.45. The van der Waals surface area contributed by atoms with E-state index in [-0.39, 0.29) is 18.5 Å². The molecule has 5 nitrogen and oxygen atoms in total. The van der Waals surface area contributed by atoms with Crippen LogP contribution in [-0.2, 0) is 24.3 Å². The molecule has 1 heterocycles. The Morgan fingerprint density at radius 3 is 2.75 bits per heavy atom. The van der Waals surface area contributed by atoms with Gasteiger partial charge in [-0.15, -0.1) is 0 Å². The fraction of sp³-hybridized carbons (Fsp3) is 0.476. The molecule has 7 heteroatoms. The average molecular weight is 386 g/mol. The summed E-state index contributed by atoms with van der Waals surface area (Å²) in [7, 11) is 0. The zero-order valence-electron chi connectivity index (χ0n) is 16.2. The minimum Gasteiger partial charge on any atom is -0.335 e. The molecule has 0 aliphatic heterocycles. The van der Waals surface area contributed by atoms with Crippen LogP contribution in [0.1, 0.15) is 48.2 Å². The molecule has 0 spiro atoms. The smallest absolute Gasteiger partial charge is 0.223 e. The Labute approximate surface area is 163 Å². The molecule has 0 radical (unpaired) electrons. The van der Waals surface area contributed by atoms with Crippen molar-refractivity contribution in [1.82, 2.24) is 14.7 Å². The lowest BCUT2D eigenvalue weighted by Crippen LogP contribution is -2.33. The largest absolute Gasteiger partial charge is 0.335 e. The summed E-state index contributed by atoms with van der Waals surface area (Å²) < 4.78 is 28.9. The van der Waals surface area contributed by atoms with E-state index in [0.717, 1.165) is 35.9 Å². The van der Waals surface area contributed by atoms with Gasteiger partial charge >= 0.3 is 0 Å². The topological polar surface area (TPSA) is 61.9 Å². The molecule has 0 bridgehead atoms. The third-order valence-corrected chi connectivity index (χ3v) is 5.22. The summed E-state index contributed by atoms with van der Waals surface area (Å²) >= 11 is 0. The van der Waals surface area contributed by atoms with Gasteiger partial charge < -0.3 is 4.90 Å². The zero-order valence-corrected chi connectivity index (χ0v) is 16.2. The first-order valence-corrected chi connectivity index (χ1v) is 9.54. The van der Waals surface area contributed by atoms with Crippen LogP contribution in [0, 0.1) is 36.8 Å². The number of nitriles is 1. The highest BCUT2D eigenvalue weighted by molar-refractivity contribution is 5.77. The molecule has 1 saturated carbocycles. The maximum absolute atomic E-state index is 14.0. The van der Waals surface area contributed by atoms with Gasteiger partial charge in [0.05, 0.1) is 24.7 Å². The second kappa shape index (κ2) is 8.51. The Kier molecular flexibility index (Phi) is 6.08. The number of halogens is 2. The van der Waals surface area contributed by atoms with Gasteiger partial charge in [0.25, 0.3) is 0 Å². The minimum atomic E-state index is -0.621. The number of hydrogen-bond donors (Lipinski definition) is 0. The van der Waals surface area contributed by atoms with Crippen molar-refractivity contribution in [2.24, 2.45) is 0 Å². The van der Waals surface area contributed by atoms with E-state index in [4.69, 9.17) is 5.26 Å². The maximum Gasteiger partial charge on any atom is 0.223 e. The van der Waals surface area contributed by atoms with Crippen molar-refractivity contribution < 1.29 is 13.6 Å². The third kappa shape index (κ3) is 4.56. The molecule has 0 saturated heterocycles. The molecule has 0 unspecified atom stereocenters. The van der Waals surface area contributed by atoms with Gasteiger partial charge in [-0.3, -0.25) is 9.48 Å². The summed E-state index contributed by atoms with van der Waals surface area (Å²) in [6, 6.07) is 5.73. The second-order valence-corrected chi connectivity index (χ2v) is 7.27. The highest BCUT2D eigenvalue weighted by Crippen LogP contribution is 2.30. The number of hydrogen-bond acceptors (Lipinski definition) is 3. The summed E-state index contributed by atoms with van der Waals surface area (Å²) in [5.74, 6) is -1.27. The van der Waals surface area contributed by atoms with E-state index in [1.54, 1.807) is 4.90 Å². The Morgan fingerprint density at radius 2 is 2.11 bits per heavy atom. The molecule has 28 heavy (non-hydrogen) atoms. The molecule has 3 rings (SSSR count). The van der Waals surface area contributed by atoms with Crippen molar-refractivity contribution >= 4 is 5.91 Å². The minimum absolute atomic E-state index is 0.0326. The summed E-state index contributed by atoms with van der Waals surface area (Å²) in [6.45, 7) is 4.55. The number of nitrogens with zero attached hydrogens (tertiary/aromatic N) is 4. The molecular formula is C21H24F2N4O. The van der Waals surface area contributed by atoms with Crippen LogP contribution in [-0.4, -0.2) is 26.6 Å². The van der Waals surface area contributed by atoms with Crippen LogP contribution in [0.2, 0.25) is 0 Å². The molecule has 1 aromatic carbocycles. The van der Waals surface area contributed by atoms with Crippen LogP contribution in [0.4, 0.5) is 8.78 Å². The van der Waals surface area contributed by atoms with Gasteiger partial charge in [0.15, 0.2) is 0 Å². The van der Waals surface area contributed by atoms with Crippen LogP contribution in [0.15, 0.2) is 18.2 Å². The number of aromatic nitrogens is 2. The van der Waals surface area contributed by atoms with Crippen LogP contribution in [0.25, 0.3) is 0 Å². The van der Waals surface area contributed by atoms with Crippen LogP contribution >= 0.6 is 0 Å². The lowest BCUT2D eigenvalue weighted by atomic mass is 10.1.